The first-order valence-electron chi connectivity index (χ1n) is 5.91. The van der Waals surface area contributed by atoms with Gasteiger partial charge in [-0.05, 0) is 31.9 Å². The van der Waals surface area contributed by atoms with Gasteiger partial charge in [0.2, 0.25) is 0 Å². The van der Waals surface area contributed by atoms with E-state index in [-0.39, 0.29) is 12.5 Å². The average molecular weight is 250 g/mol. The van der Waals surface area contributed by atoms with E-state index in [2.05, 4.69) is 10.6 Å². The minimum atomic E-state index is -0.806. The molecule has 0 spiro atoms. The van der Waals surface area contributed by atoms with Crippen LogP contribution in [0.5, 0.6) is 0 Å². The van der Waals surface area contributed by atoms with Gasteiger partial charge in [-0.2, -0.15) is 0 Å². The molecule has 1 rings (SSSR count). The summed E-state index contributed by atoms with van der Waals surface area (Å²) < 4.78 is 0. The number of amides is 2. The third-order valence-corrected chi connectivity index (χ3v) is 2.41. The second kappa shape index (κ2) is 7.32. The fourth-order valence-electron chi connectivity index (χ4n) is 1.42. The van der Waals surface area contributed by atoms with Crippen LogP contribution in [0.3, 0.4) is 0 Å². The van der Waals surface area contributed by atoms with Crippen molar-refractivity contribution >= 4 is 17.7 Å². The highest BCUT2D eigenvalue weighted by Crippen LogP contribution is 2.07. The zero-order chi connectivity index (χ0) is 13.4. The monoisotopic (exact) mass is 250 g/mol. The van der Waals surface area contributed by atoms with Crippen LogP contribution in [0.1, 0.15) is 24.8 Å². The van der Waals surface area contributed by atoms with E-state index in [9.17, 15) is 9.59 Å². The predicted molar refractivity (Wildman–Crippen MR) is 69.7 cm³/mol. The Bertz CT molecular complexity index is 401. The maximum Gasteiger partial charge on any atom is 0.319 e. The molecule has 0 aliphatic rings. The van der Waals surface area contributed by atoms with E-state index in [0.717, 1.165) is 11.3 Å². The summed E-state index contributed by atoms with van der Waals surface area (Å²) in [5.74, 6) is -0.806. The summed E-state index contributed by atoms with van der Waals surface area (Å²) in [6.07, 6.45) is 1.37. The van der Waals surface area contributed by atoms with Gasteiger partial charge < -0.3 is 15.7 Å². The topological polar surface area (TPSA) is 78.4 Å². The number of unbranched alkanes of at least 4 members (excludes halogenated alkanes) is 1. The third kappa shape index (κ3) is 5.89. The zero-order valence-electron chi connectivity index (χ0n) is 10.4. The van der Waals surface area contributed by atoms with Gasteiger partial charge >= 0.3 is 12.0 Å². The Balaban J connectivity index is 2.17. The first-order chi connectivity index (χ1) is 8.58. The van der Waals surface area contributed by atoms with Crippen LogP contribution < -0.4 is 10.6 Å². The molecule has 5 nitrogen and oxygen atoms in total. The van der Waals surface area contributed by atoms with Crippen molar-refractivity contribution in [2.75, 3.05) is 11.9 Å². The van der Waals surface area contributed by atoms with Crippen LogP contribution in [0.2, 0.25) is 0 Å². The van der Waals surface area contributed by atoms with E-state index in [4.69, 9.17) is 5.11 Å². The number of hydrogen-bond donors (Lipinski definition) is 3. The molecular formula is C13H18N2O3. The van der Waals surface area contributed by atoms with Crippen LogP contribution in [0.25, 0.3) is 0 Å². The molecule has 98 valence electrons. The molecule has 0 saturated carbocycles. The Labute approximate surface area is 106 Å². The highest BCUT2D eigenvalue weighted by Gasteiger charge is 2.01. The van der Waals surface area contributed by atoms with Gasteiger partial charge in [0.15, 0.2) is 0 Å². The van der Waals surface area contributed by atoms with Crippen molar-refractivity contribution in [3.8, 4) is 0 Å². The lowest BCUT2D eigenvalue weighted by atomic mass is 10.2. The lowest BCUT2D eigenvalue weighted by Crippen LogP contribution is -2.29. The SMILES string of the molecule is Cc1ccc(NC(=O)NCCCCC(=O)O)cc1. The standard InChI is InChI=1S/C13H18N2O3/c1-10-5-7-11(8-6-10)15-13(18)14-9-3-2-4-12(16)17/h5-8H,2-4,9H2,1H3,(H,16,17)(H2,14,15,18). The van der Waals surface area contributed by atoms with Crippen molar-refractivity contribution in [3.63, 3.8) is 0 Å². The lowest BCUT2D eigenvalue weighted by Gasteiger charge is -2.07. The number of rotatable bonds is 6. The lowest BCUT2D eigenvalue weighted by molar-refractivity contribution is -0.137. The van der Waals surface area contributed by atoms with Crippen molar-refractivity contribution in [1.29, 1.82) is 0 Å². The maximum absolute atomic E-state index is 11.5. The van der Waals surface area contributed by atoms with Gasteiger partial charge in [-0.15, -0.1) is 0 Å². The molecule has 0 heterocycles. The van der Waals surface area contributed by atoms with Crippen LogP contribution in [0.15, 0.2) is 24.3 Å². The molecule has 1 aromatic rings. The summed E-state index contributed by atoms with van der Waals surface area (Å²) in [5, 5.41) is 13.8. The van der Waals surface area contributed by atoms with E-state index < -0.39 is 5.97 Å². The van der Waals surface area contributed by atoms with E-state index in [1.165, 1.54) is 0 Å². The Morgan fingerprint density at radius 3 is 2.44 bits per heavy atom. The Morgan fingerprint density at radius 1 is 1.17 bits per heavy atom. The summed E-state index contributed by atoms with van der Waals surface area (Å²) in [6.45, 7) is 2.46. The molecule has 3 N–H and O–H groups in total. The Kier molecular flexibility index (Phi) is 5.70. The fraction of sp³-hybridized carbons (Fsp3) is 0.385. The molecule has 0 bridgehead atoms. The van der Waals surface area contributed by atoms with Gasteiger partial charge in [-0.25, -0.2) is 4.79 Å². The number of nitrogens with one attached hydrogen (secondary N) is 2. The van der Waals surface area contributed by atoms with Gasteiger partial charge in [0.05, 0.1) is 0 Å². The third-order valence-electron chi connectivity index (χ3n) is 2.41. The summed E-state index contributed by atoms with van der Waals surface area (Å²) in [5.41, 5.74) is 1.87. The number of benzene rings is 1. The molecule has 5 heteroatoms. The van der Waals surface area contributed by atoms with Crippen molar-refractivity contribution in [3.05, 3.63) is 29.8 Å². The Morgan fingerprint density at radius 2 is 1.83 bits per heavy atom. The number of hydrogen-bond acceptors (Lipinski definition) is 2. The number of carboxylic acid groups (broad SMARTS) is 1. The first-order valence-corrected chi connectivity index (χ1v) is 5.91. The van der Waals surface area contributed by atoms with E-state index in [0.29, 0.717) is 19.4 Å². The number of urea groups is 1. The summed E-state index contributed by atoms with van der Waals surface area (Å²) in [7, 11) is 0. The number of carbonyl (C=O) groups excluding carboxylic acids is 1. The van der Waals surface area contributed by atoms with E-state index >= 15 is 0 Å². The van der Waals surface area contributed by atoms with Crippen molar-refractivity contribution in [2.24, 2.45) is 0 Å². The van der Waals surface area contributed by atoms with Crippen molar-refractivity contribution in [2.45, 2.75) is 26.2 Å². The molecule has 0 fully saturated rings. The molecule has 18 heavy (non-hydrogen) atoms. The van der Waals surface area contributed by atoms with Crippen LogP contribution >= 0.6 is 0 Å². The quantitative estimate of drug-likeness (QED) is 0.678. The van der Waals surface area contributed by atoms with Crippen LogP contribution in [0.4, 0.5) is 10.5 Å². The summed E-state index contributed by atoms with van der Waals surface area (Å²) >= 11 is 0. The minimum absolute atomic E-state index is 0.140. The molecule has 0 radical (unpaired) electrons. The Hall–Kier alpha value is -2.04. The normalized spacial score (nSPS) is 9.83. The maximum atomic E-state index is 11.5. The van der Waals surface area contributed by atoms with Gasteiger partial charge in [-0.1, -0.05) is 17.7 Å². The van der Waals surface area contributed by atoms with Crippen LogP contribution in [-0.4, -0.2) is 23.7 Å². The average Bonchev–Trinajstić information content (AvgIpc) is 2.31. The van der Waals surface area contributed by atoms with Crippen molar-refractivity contribution in [1.82, 2.24) is 5.32 Å². The molecule has 0 aliphatic carbocycles. The number of aliphatic carboxylic acids is 1. The van der Waals surface area contributed by atoms with Gasteiger partial charge in [-0.3, -0.25) is 4.79 Å². The summed E-state index contributed by atoms with van der Waals surface area (Å²) in [6, 6.07) is 7.23. The predicted octanol–water partition coefficient (Wildman–Crippen LogP) is 2.37. The second-order valence-corrected chi connectivity index (χ2v) is 4.10. The van der Waals surface area contributed by atoms with Crippen molar-refractivity contribution < 1.29 is 14.7 Å². The molecule has 2 amide bonds. The molecule has 0 aliphatic heterocycles. The number of anilines is 1. The molecule has 1 aromatic carbocycles. The highest BCUT2D eigenvalue weighted by molar-refractivity contribution is 5.89. The highest BCUT2D eigenvalue weighted by atomic mass is 16.4. The summed E-state index contributed by atoms with van der Waals surface area (Å²) in [4.78, 5) is 21.7. The smallest absolute Gasteiger partial charge is 0.319 e. The zero-order valence-corrected chi connectivity index (χ0v) is 10.4. The van der Waals surface area contributed by atoms with E-state index in [1.54, 1.807) is 0 Å². The van der Waals surface area contributed by atoms with Crippen LogP contribution in [0, 0.1) is 6.92 Å². The number of carbonyl (C=O) groups is 2. The first kappa shape index (κ1) is 14.0. The number of aryl methyl sites for hydroxylation is 1. The molecule has 0 atom stereocenters. The van der Waals surface area contributed by atoms with Gasteiger partial charge in [0.1, 0.15) is 0 Å². The number of carboxylic acids is 1. The van der Waals surface area contributed by atoms with E-state index in [1.807, 2.05) is 31.2 Å². The molecule has 0 unspecified atom stereocenters. The molecular weight excluding hydrogens is 232 g/mol. The van der Waals surface area contributed by atoms with Gasteiger partial charge in [0, 0.05) is 18.7 Å². The fourth-order valence-corrected chi connectivity index (χ4v) is 1.42. The van der Waals surface area contributed by atoms with Gasteiger partial charge in [0.25, 0.3) is 0 Å². The largest absolute Gasteiger partial charge is 0.481 e. The molecule has 0 saturated heterocycles. The molecule has 0 aromatic heterocycles. The minimum Gasteiger partial charge on any atom is -0.481 e. The van der Waals surface area contributed by atoms with Crippen LogP contribution in [-0.2, 0) is 4.79 Å². The second-order valence-electron chi connectivity index (χ2n) is 4.10.